The Morgan fingerprint density at radius 2 is 2.07 bits per heavy atom. The van der Waals surface area contributed by atoms with Crippen LogP contribution in [0.25, 0.3) is 0 Å². The van der Waals surface area contributed by atoms with Gasteiger partial charge in [-0.3, -0.25) is 4.79 Å². The van der Waals surface area contributed by atoms with Gasteiger partial charge in [-0.05, 0) is 24.3 Å². The summed E-state index contributed by atoms with van der Waals surface area (Å²) in [6, 6.07) is -0.274. The molecule has 27 heavy (non-hydrogen) atoms. The summed E-state index contributed by atoms with van der Waals surface area (Å²) in [6.45, 7) is 4.47. The SMILES string of the molecule is CCCCNC(=O)NC1SC(C(=O)Nc2c(C)csc2C(=O)OC)=CN1C. The molecule has 2 heterocycles. The molecule has 3 amide bonds. The van der Waals surface area contributed by atoms with Crippen LogP contribution in [0.5, 0.6) is 0 Å². The van der Waals surface area contributed by atoms with Crippen LogP contribution in [-0.2, 0) is 9.53 Å². The maximum absolute atomic E-state index is 12.6. The van der Waals surface area contributed by atoms with Crippen molar-refractivity contribution in [2.75, 3.05) is 26.0 Å². The van der Waals surface area contributed by atoms with Crippen LogP contribution in [0.3, 0.4) is 0 Å². The molecule has 0 aromatic carbocycles. The maximum Gasteiger partial charge on any atom is 0.350 e. The molecule has 0 bridgehead atoms. The Bertz CT molecular complexity index is 747. The maximum atomic E-state index is 12.6. The van der Waals surface area contributed by atoms with Crippen molar-refractivity contribution in [1.29, 1.82) is 0 Å². The van der Waals surface area contributed by atoms with E-state index in [1.54, 1.807) is 23.5 Å². The summed E-state index contributed by atoms with van der Waals surface area (Å²) in [5.41, 5.74) is 0.862. The number of urea groups is 1. The molecule has 0 aliphatic carbocycles. The molecule has 1 aliphatic heterocycles. The number of methoxy groups -OCH3 is 1. The summed E-state index contributed by atoms with van der Waals surface area (Å²) < 4.78 is 4.75. The zero-order chi connectivity index (χ0) is 20.0. The van der Waals surface area contributed by atoms with Crippen LogP contribution in [0, 0.1) is 6.92 Å². The molecule has 0 radical (unpaired) electrons. The number of nitrogens with one attached hydrogen (secondary N) is 3. The van der Waals surface area contributed by atoms with Gasteiger partial charge in [0.1, 0.15) is 4.88 Å². The molecular weight excluding hydrogens is 388 g/mol. The normalized spacial score (nSPS) is 15.9. The van der Waals surface area contributed by atoms with E-state index in [0.717, 1.165) is 18.4 Å². The van der Waals surface area contributed by atoms with Crippen LogP contribution in [-0.4, -0.2) is 49.0 Å². The van der Waals surface area contributed by atoms with E-state index in [4.69, 9.17) is 4.74 Å². The molecule has 10 heteroatoms. The summed E-state index contributed by atoms with van der Waals surface area (Å²) in [4.78, 5) is 38.9. The largest absolute Gasteiger partial charge is 0.465 e. The Morgan fingerprint density at radius 1 is 1.33 bits per heavy atom. The van der Waals surface area contributed by atoms with Gasteiger partial charge in [0.05, 0.1) is 17.7 Å². The van der Waals surface area contributed by atoms with Crippen molar-refractivity contribution in [3.05, 3.63) is 26.9 Å². The molecule has 1 unspecified atom stereocenters. The molecule has 2 rings (SSSR count). The smallest absolute Gasteiger partial charge is 0.350 e. The van der Waals surface area contributed by atoms with Crippen molar-refractivity contribution < 1.29 is 19.1 Å². The summed E-state index contributed by atoms with van der Waals surface area (Å²) in [5.74, 6) is -0.828. The fraction of sp³-hybridized carbons (Fsp3) is 0.471. The topological polar surface area (TPSA) is 99.8 Å². The second-order valence-electron chi connectivity index (χ2n) is 5.95. The first-order valence-corrected chi connectivity index (χ1v) is 10.3. The molecule has 0 spiro atoms. The van der Waals surface area contributed by atoms with Gasteiger partial charge in [0.15, 0.2) is 5.50 Å². The number of hydrogen-bond acceptors (Lipinski definition) is 7. The number of carbonyl (C=O) groups excluding carboxylic acids is 3. The molecule has 1 aromatic rings. The van der Waals surface area contributed by atoms with Crippen molar-refractivity contribution in [2.24, 2.45) is 0 Å². The molecule has 0 saturated heterocycles. The van der Waals surface area contributed by atoms with Crippen molar-refractivity contribution in [1.82, 2.24) is 15.5 Å². The zero-order valence-corrected chi connectivity index (χ0v) is 17.4. The van der Waals surface area contributed by atoms with Gasteiger partial charge in [-0.2, -0.15) is 0 Å². The summed E-state index contributed by atoms with van der Waals surface area (Å²) in [7, 11) is 3.08. The first-order valence-electron chi connectivity index (χ1n) is 8.49. The highest BCUT2D eigenvalue weighted by Gasteiger charge is 2.29. The standard InChI is InChI=1S/C17H24N4O4S2/c1-5-6-7-18-16(24)20-17-21(3)8-11(27-17)14(22)19-12-10(2)9-26-13(12)15(23)25-4/h8-9,17H,5-7H2,1-4H3,(H,19,22)(H2,18,20,24). The van der Waals surface area contributed by atoms with E-state index in [9.17, 15) is 14.4 Å². The number of nitrogens with zero attached hydrogens (tertiary/aromatic N) is 1. The predicted molar refractivity (Wildman–Crippen MR) is 108 cm³/mol. The third-order valence-corrected chi connectivity index (χ3v) is 6.10. The van der Waals surface area contributed by atoms with E-state index in [0.29, 0.717) is 22.0 Å². The van der Waals surface area contributed by atoms with Crippen molar-refractivity contribution in [3.8, 4) is 0 Å². The zero-order valence-electron chi connectivity index (χ0n) is 15.8. The van der Waals surface area contributed by atoms with Crippen LogP contribution >= 0.6 is 23.1 Å². The minimum Gasteiger partial charge on any atom is -0.465 e. The van der Waals surface area contributed by atoms with Crippen LogP contribution in [0.1, 0.15) is 35.0 Å². The molecule has 1 atom stereocenters. The molecule has 0 saturated carbocycles. The van der Waals surface area contributed by atoms with E-state index in [-0.39, 0.29) is 17.4 Å². The van der Waals surface area contributed by atoms with Crippen molar-refractivity contribution in [2.45, 2.75) is 32.2 Å². The van der Waals surface area contributed by atoms with Crippen LogP contribution in [0.15, 0.2) is 16.5 Å². The van der Waals surface area contributed by atoms with E-state index >= 15 is 0 Å². The molecular formula is C17H24N4O4S2. The fourth-order valence-electron chi connectivity index (χ4n) is 2.29. The Morgan fingerprint density at radius 3 is 2.74 bits per heavy atom. The van der Waals surface area contributed by atoms with E-state index in [2.05, 4.69) is 22.9 Å². The minimum absolute atomic E-state index is 0.274. The summed E-state index contributed by atoms with van der Waals surface area (Å²) in [6.07, 6.45) is 3.58. The van der Waals surface area contributed by atoms with Gasteiger partial charge in [0, 0.05) is 19.8 Å². The number of anilines is 1. The van der Waals surface area contributed by atoms with Gasteiger partial charge < -0.3 is 25.6 Å². The fourth-order valence-corrected chi connectivity index (χ4v) is 4.23. The molecule has 148 valence electrons. The molecule has 0 fully saturated rings. The first-order chi connectivity index (χ1) is 12.9. The van der Waals surface area contributed by atoms with Gasteiger partial charge >= 0.3 is 12.0 Å². The minimum atomic E-state index is -0.489. The molecule has 1 aliphatic rings. The van der Waals surface area contributed by atoms with Crippen LogP contribution in [0.4, 0.5) is 10.5 Å². The lowest BCUT2D eigenvalue weighted by atomic mass is 10.2. The molecule has 1 aromatic heterocycles. The monoisotopic (exact) mass is 412 g/mol. The van der Waals surface area contributed by atoms with Gasteiger partial charge in [0.2, 0.25) is 0 Å². The van der Waals surface area contributed by atoms with Gasteiger partial charge in [0.25, 0.3) is 5.91 Å². The van der Waals surface area contributed by atoms with E-state index < -0.39 is 5.97 Å². The third kappa shape index (κ3) is 5.39. The Kier molecular flexibility index (Phi) is 7.55. The second-order valence-corrected chi connectivity index (χ2v) is 7.95. The highest BCUT2D eigenvalue weighted by atomic mass is 32.2. The highest BCUT2D eigenvalue weighted by Crippen LogP contribution is 2.33. The summed E-state index contributed by atoms with van der Waals surface area (Å²) >= 11 is 2.45. The van der Waals surface area contributed by atoms with E-state index in [1.165, 1.54) is 30.2 Å². The van der Waals surface area contributed by atoms with Gasteiger partial charge in [-0.1, -0.05) is 25.1 Å². The number of amides is 3. The van der Waals surface area contributed by atoms with Crippen molar-refractivity contribution in [3.63, 3.8) is 0 Å². The number of thiophene rings is 1. The lowest BCUT2D eigenvalue weighted by Gasteiger charge is -2.21. The highest BCUT2D eigenvalue weighted by molar-refractivity contribution is 8.04. The van der Waals surface area contributed by atoms with Gasteiger partial charge in [-0.25, -0.2) is 9.59 Å². The first kappa shape index (κ1) is 21.1. The third-order valence-electron chi connectivity index (χ3n) is 3.81. The number of rotatable bonds is 7. The lowest BCUT2D eigenvalue weighted by Crippen LogP contribution is -2.45. The number of carbonyl (C=O) groups is 3. The number of hydrogen-bond donors (Lipinski definition) is 3. The second kappa shape index (κ2) is 9.65. The van der Waals surface area contributed by atoms with E-state index in [1.807, 2.05) is 6.92 Å². The number of thioether (sulfide) groups is 1. The average Bonchev–Trinajstić information content (AvgIpc) is 3.18. The summed E-state index contributed by atoms with van der Waals surface area (Å²) in [5, 5.41) is 10.2. The Hall–Kier alpha value is -2.20. The number of esters is 1. The number of aryl methyl sites for hydroxylation is 1. The lowest BCUT2D eigenvalue weighted by molar-refractivity contribution is -0.112. The number of ether oxygens (including phenoxy) is 1. The van der Waals surface area contributed by atoms with Gasteiger partial charge in [-0.15, -0.1) is 11.3 Å². The Labute approximate surface area is 166 Å². The molecule has 8 nitrogen and oxygen atoms in total. The Balaban J connectivity index is 1.97. The number of unbranched alkanes of at least 4 members (excludes halogenated alkanes) is 1. The average molecular weight is 413 g/mol. The quantitative estimate of drug-likeness (QED) is 0.470. The van der Waals surface area contributed by atoms with Crippen LogP contribution < -0.4 is 16.0 Å². The predicted octanol–water partition coefficient (Wildman–Crippen LogP) is 2.68. The van der Waals surface area contributed by atoms with Crippen LogP contribution in [0.2, 0.25) is 0 Å². The van der Waals surface area contributed by atoms with Crippen molar-refractivity contribution >= 4 is 46.7 Å². The molecule has 3 N–H and O–H groups in total.